The van der Waals surface area contributed by atoms with Crippen molar-refractivity contribution in [1.29, 1.82) is 0 Å². The number of nitrogens with zero attached hydrogens (tertiary/aromatic N) is 1. The van der Waals surface area contributed by atoms with Crippen LogP contribution in [0.25, 0.3) is 0 Å². The molecule has 0 radical (unpaired) electrons. The number of amides is 1. The van der Waals surface area contributed by atoms with E-state index in [0.717, 1.165) is 13.0 Å². The average molecular weight is 242 g/mol. The molecule has 0 aromatic carbocycles. The van der Waals surface area contributed by atoms with Crippen molar-refractivity contribution in [2.75, 3.05) is 20.7 Å². The first-order valence-electron chi connectivity index (χ1n) is 6.04. The van der Waals surface area contributed by atoms with E-state index in [0.29, 0.717) is 12.3 Å². The lowest BCUT2D eigenvalue weighted by Crippen LogP contribution is -2.47. The van der Waals surface area contributed by atoms with E-state index in [1.807, 2.05) is 13.8 Å². The number of carbonyl (C=O) groups is 2. The van der Waals surface area contributed by atoms with Crippen molar-refractivity contribution in [1.82, 2.24) is 10.2 Å². The molecule has 1 amide bonds. The van der Waals surface area contributed by atoms with Gasteiger partial charge in [0.05, 0.1) is 13.2 Å². The Morgan fingerprint density at radius 1 is 1.59 bits per heavy atom. The summed E-state index contributed by atoms with van der Waals surface area (Å²) in [6.45, 7) is 4.83. The van der Waals surface area contributed by atoms with Crippen molar-refractivity contribution in [2.24, 2.45) is 5.92 Å². The highest BCUT2D eigenvalue weighted by Gasteiger charge is 2.33. The summed E-state index contributed by atoms with van der Waals surface area (Å²) in [5.41, 5.74) is 0. The lowest BCUT2D eigenvalue weighted by molar-refractivity contribution is -0.144. The van der Waals surface area contributed by atoms with E-state index in [2.05, 4.69) is 5.32 Å². The highest BCUT2D eigenvalue weighted by atomic mass is 16.5. The Kier molecular flexibility index (Phi) is 4.93. The molecule has 0 aliphatic carbocycles. The molecule has 1 fully saturated rings. The number of rotatable bonds is 5. The number of likely N-dealkylation sites (N-methyl/N-ethyl adjacent to an activating group) is 1. The zero-order chi connectivity index (χ0) is 13.0. The second kappa shape index (κ2) is 6.00. The monoisotopic (exact) mass is 242 g/mol. The van der Waals surface area contributed by atoms with Crippen LogP contribution >= 0.6 is 0 Å². The Bertz CT molecular complexity index is 291. The fraction of sp³-hybridized carbons (Fsp3) is 0.833. The summed E-state index contributed by atoms with van der Waals surface area (Å²) in [6, 6.07) is -0.636. The van der Waals surface area contributed by atoms with Crippen LogP contribution in [-0.4, -0.2) is 49.6 Å². The van der Waals surface area contributed by atoms with E-state index < -0.39 is 0 Å². The Morgan fingerprint density at radius 3 is 2.65 bits per heavy atom. The van der Waals surface area contributed by atoms with Gasteiger partial charge in [0.25, 0.3) is 0 Å². The maximum Gasteiger partial charge on any atom is 0.322 e. The maximum absolute atomic E-state index is 11.7. The molecule has 0 bridgehead atoms. The number of ether oxygens (including phenoxy) is 1. The van der Waals surface area contributed by atoms with Crippen LogP contribution in [0.1, 0.15) is 26.7 Å². The predicted octanol–water partition coefficient (Wildman–Crippen LogP) is 0.394. The van der Waals surface area contributed by atoms with Crippen LogP contribution in [-0.2, 0) is 14.3 Å². The molecule has 0 saturated carbocycles. The predicted molar refractivity (Wildman–Crippen MR) is 64.4 cm³/mol. The summed E-state index contributed by atoms with van der Waals surface area (Å²) >= 11 is 0. The number of hydrogen-bond acceptors (Lipinski definition) is 4. The maximum atomic E-state index is 11.7. The second-order valence-electron chi connectivity index (χ2n) is 4.97. The molecule has 98 valence electrons. The Balaban J connectivity index is 2.60. The fourth-order valence-electron chi connectivity index (χ4n) is 2.07. The number of carbonyl (C=O) groups excluding carboxylic acids is 2. The topological polar surface area (TPSA) is 58.6 Å². The fourth-order valence-corrected chi connectivity index (χ4v) is 2.07. The second-order valence-corrected chi connectivity index (χ2v) is 4.97. The van der Waals surface area contributed by atoms with E-state index in [4.69, 9.17) is 4.74 Å². The van der Waals surface area contributed by atoms with E-state index in [1.165, 1.54) is 7.11 Å². The van der Waals surface area contributed by atoms with Gasteiger partial charge in [-0.25, -0.2) is 0 Å². The largest absolute Gasteiger partial charge is 0.468 e. The third-order valence-electron chi connectivity index (χ3n) is 3.02. The molecule has 1 N–H and O–H groups in total. The van der Waals surface area contributed by atoms with Gasteiger partial charge >= 0.3 is 5.97 Å². The highest BCUT2D eigenvalue weighted by Crippen LogP contribution is 2.13. The van der Waals surface area contributed by atoms with Gasteiger partial charge in [-0.05, 0) is 18.8 Å². The quantitative estimate of drug-likeness (QED) is 0.709. The first kappa shape index (κ1) is 14.0. The van der Waals surface area contributed by atoms with Gasteiger partial charge < -0.3 is 9.64 Å². The first-order chi connectivity index (χ1) is 7.95. The number of likely N-dealkylation sites (tertiary alicyclic amines) is 1. The van der Waals surface area contributed by atoms with Crippen molar-refractivity contribution in [3.63, 3.8) is 0 Å². The molecule has 1 aliphatic rings. The number of methoxy groups -OCH3 is 1. The summed E-state index contributed by atoms with van der Waals surface area (Å²) in [5.74, 6) is 0.143. The zero-order valence-corrected chi connectivity index (χ0v) is 11.0. The smallest absolute Gasteiger partial charge is 0.322 e. The standard InChI is InChI=1S/C12H22N2O3/c1-8(2)7-10(12(16)17-4)13-9-5-6-14(3)11(9)15/h8-10,13H,5-7H2,1-4H3. The summed E-state index contributed by atoms with van der Waals surface area (Å²) in [4.78, 5) is 25.0. The summed E-state index contributed by atoms with van der Waals surface area (Å²) in [5, 5.41) is 3.11. The van der Waals surface area contributed by atoms with Crippen LogP contribution in [0.2, 0.25) is 0 Å². The van der Waals surface area contributed by atoms with Crippen LogP contribution in [0, 0.1) is 5.92 Å². The van der Waals surface area contributed by atoms with Crippen LogP contribution in [0.5, 0.6) is 0 Å². The van der Waals surface area contributed by atoms with Gasteiger partial charge in [-0.1, -0.05) is 13.8 Å². The SMILES string of the molecule is COC(=O)C(CC(C)C)NC1CCN(C)C1=O. The third kappa shape index (κ3) is 3.70. The van der Waals surface area contributed by atoms with Crippen molar-refractivity contribution in [2.45, 2.75) is 38.8 Å². The molecule has 1 rings (SSSR count). The van der Waals surface area contributed by atoms with Crippen molar-refractivity contribution in [3.8, 4) is 0 Å². The molecule has 2 atom stereocenters. The lowest BCUT2D eigenvalue weighted by atomic mass is 10.0. The Hall–Kier alpha value is -1.10. The molecule has 5 nitrogen and oxygen atoms in total. The zero-order valence-electron chi connectivity index (χ0n) is 11.0. The van der Waals surface area contributed by atoms with Crippen molar-refractivity contribution < 1.29 is 14.3 Å². The van der Waals surface area contributed by atoms with E-state index in [9.17, 15) is 9.59 Å². The Morgan fingerprint density at radius 2 is 2.24 bits per heavy atom. The lowest BCUT2D eigenvalue weighted by Gasteiger charge is -2.21. The third-order valence-corrected chi connectivity index (χ3v) is 3.02. The van der Waals surface area contributed by atoms with Gasteiger partial charge in [0.1, 0.15) is 6.04 Å². The minimum absolute atomic E-state index is 0.0580. The van der Waals surface area contributed by atoms with Crippen LogP contribution < -0.4 is 5.32 Å². The average Bonchev–Trinajstić information content (AvgIpc) is 2.58. The van der Waals surface area contributed by atoms with E-state index in [1.54, 1.807) is 11.9 Å². The van der Waals surface area contributed by atoms with Crippen molar-refractivity contribution >= 4 is 11.9 Å². The van der Waals surface area contributed by atoms with Gasteiger partial charge in [-0.2, -0.15) is 0 Å². The van der Waals surface area contributed by atoms with Gasteiger partial charge in [0.2, 0.25) is 5.91 Å². The van der Waals surface area contributed by atoms with Crippen LogP contribution in [0.15, 0.2) is 0 Å². The van der Waals surface area contributed by atoms with E-state index >= 15 is 0 Å². The number of nitrogens with one attached hydrogen (secondary N) is 1. The highest BCUT2D eigenvalue weighted by molar-refractivity contribution is 5.85. The molecule has 1 saturated heterocycles. The molecular formula is C12H22N2O3. The summed E-state index contributed by atoms with van der Waals surface area (Å²) in [7, 11) is 3.15. The molecule has 2 unspecified atom stereocenters. The molecule has 1 heterocycles. The molecule has 0 aromatic rings. The number of esters is 1. The molecule has 1 aliphatic heterocycles. The molecule has 5 heteroatoms. The van der Waals surface area contributed by atoms with E-state index in [-0.39, 0.29) is 24.0 Å². The number of hydrogen-bond donors (Lipinski definition) is 1. The normalized spacial score (nSPS) is 22.1. The van der Waals surface area contributed by atoms with Gasteiger partial charge in [-0.3, -0.25) is 14.9 Å². The van der Waals surface area contributed by atoms with Gasteiger partial charge in [-0.15, -0.1) is 0 Å². The van der Waals surface area contributed by atoms with Gasteiger partial charge in [0, 0.05) is 13.6 Å². The summed E-state index contributed by atoms with van der Waals surface area (Å²) < 4.78 is 4.76. The molecule has 17 heavy (non-hydrogen) atoms. The molecule has 0 aromatic heterocycles. The van der Waals surface area contributed by atoms with Crippen molar-refractivity contribution in [3.05, 3.63) is 0 Å². The van der Waals surface area contributed by atoms with Crippen LogP contribution in [0.4, 0.5) is 0 Å². The summed E-state index contributed by atoms with van der Waals surface area (Å²) in [6.07, 6.45) is 1.43. The minimum atomic E-state index is -0.388. The Labute approximate surface area is 102 Å². The van der Waals surface area contributed by atoms with Crippen LogP contribution in [0.3, 0.4) is 0 Å². The van der Waals surface area contributed by atoms with Gasteiger partial charge in [0.15, 0.2) is 0 Å². The molecular weight excluding hydrogens is 220 g/mol. The minimum Gasteiger partial charge on any atom is -0.468 e. The molecule has 0 spiro atoms. The first-order valence-corrected chi connectivity index (χ1v) is 6.04.